The maximum Gasteiger partial charge on any atom is 0.219 e. The van der Waals surface area contributed by atoms with Crippen molar-refractivity contribution in [3.8, 4) is 6.07 Å². The van der Waals surface area contributed by atoms with Crippen LogP contribution in [0.2, 0.25) is 0 Å². The first-order chi connectivity index (χ1) is 7.19. The second-order valence-corrected chi connectivity index (χ2v) is 3.97. The minimum absolute atomic E-state index is 0.156. The molecule has 1 amide bonds. The Morgan fingerprint density at radius 2 is 2.00 bits per heavy atom. The van der Waals surface area contributed by atoms with Crippen LogP contribution in [0.4, 0.5) is 0 Å². The molecule has 0 bridgehead atoms. The fourth-order valence-corrected chi connectivity index (χ4v) is 2.04. The van der Waals surface area contributed by atoms with Crippen molar-refractivity contribution in [1.82, 2.24) is 9.80 Å². The van der Waals surface area contributed by atoms with E-state index < -0.39 is 0 Å². The second-order valence-electron chi connectivity index (χ2n) is 3.97. The summed E-state index contributed by atoms with van der Waals surface area (Å²) >= 11 is 0. The van der Waals surface area contributed by atoms with E-state index in [0.717, 1.165) is 32.6 Å². The standard InChI is InChI=1S/C11H19N3O/c1-3-11(4-5-12)14-8-6-13(7-9-14)10(2)15/h11H,3-4,6-9H2,1-2H3. The predicted molar refractivity (Wildman–Crippen MR) is 58.1 cm³/mol. The average molecular weight is 209 g/mol. The van der Waals surface area contributed by atoms with Crippen LogP contribution >= 0.6 is 0 Å². The molecule has 15 heavy (non-hydrogen) atoms. The van der Waals surface area contributed by atoms with Crippen molar-refractivity contribution < 1.29 is 4.79 Å². The summed E-state index contributed by atoms with van der Waals surface area (Å²) in [6.45, 7) is 7.13. The monoisotopic (exact) mass is 209 g/mol. The Bertz CT molecular complexity index is 251. The van der Waals surface area contributed by atoms with E-state index in [9.17, 15) is 4.79 Å². The number of carbonyl (C=O) groups excluding carboxylic acids is 1. The number of rotatable bonds is 3. The lowest BCUT2D eigenvalue weighted by Gasteiger charge is -2.38. The molecule has 0 aromatic carbocycles. The summed E-state index contributed by atoms with van der Waals surface area (Å²) in [5.74, 6) is 0.156. The molecule has 4 heteroatoms. The quantitative estimate of drug-likeness (QED) is 0.692. The van der Waals surface area contributed by atoms with Crippen LogP contribution in [0.1, 0.15) is 26.7 Å². The molecule has 0 spiro atoms. The normalized spacial score (nSPS) is 19.7. The molecule has 0 aromatic rings. The molecule has 0 N–H and O–H groups in total. The number of nitriles is 1. The molecule has 0 aromatic heterocycles. The summed E-state index contributed by atoms with van der Waals surface area (Å²) in [7, 11) is 0. The van der Waals surface area contributed by atoms with Gasteiger partial charge in [0.1, 0.15) is 0 Å². The number of hydrogen-bond acceptors (Lipinski definition) is 3. The maximum atomic E-state index is 11.1. The predicted octanol–water partition coefficient (Wildman–Crippen LogP) is 0.843. The van der Waals surface area contributed by atoms with Gasteiger partial charge in [0.15, 0.2) is 0 Å². The molecule has 0 saturated carbocycles. The molecule has 0 aliphatic carbocycles. The lowest BCUT2D eigenvalue weighted by atomic mass is 10.1. The van der Waals surface area contributed by atoms with Crippen LogP contribution in [0.3, 0.4) is 0 Å². The van der Waals surface area contributed by atoms with E-state index in [1.807, 2.05) is 4.90 Å². The van der Waals surface area contributed by atoms with E-state index in [-0.39, 0.29) is 5.91 Å². The van der Waals surface area contributed by atoms with Crippen molar-refractivity contribution in [3.63, 3.8) is 0 Å². The van der Waals surface area contributed by atoms with E-state index in [0.29, 0.717) is 12.5 Å². The molecule has 1 saturated heterocycles. The van der Waals surface area contributed by atoms with Crippen LogP contribution in [0.5, 0.6) is 0 Å². The van der Waals surface area contributed by atoms with E-state index in [1.54, 1.807) is 6.92 Å². The molecule has 1 unspecified atom stereocenters. The number of carbonyl (C=O) groups is 1. The smallest absolute Gasteiger partial charge is 0.219 e. The minimum Gasteiger partial charge on any atom is -0.340 e. The molecule has 0 radical (unpaired) electrons. The fraction of sp³-hybridized carbons (Fsp3) is 0.818. The Kier molecular flexibility index (Phi) is 4.57. The molecule has 1 atom stereocenters. The Balaban J connectivity index is 2.42. The van der Waals surface area contributed by atoms with E-state index >= 15 is 0 Å². The van der Waals surface area contributed by atoms with Gasteiger partial charge >= 0.3 is 0 Å². The van der Waals surface area contributed by atoms with E-state index in [4.69, 9.17) is 5.26 Å². The summed E-state index contributed by atoms with van der Waals surface area (Å²) in [5, 5.41) is 8.70. The van der Waals surface area contributed by atoms with Gasteiger partial charge in [0.2, 0.25) is 5.91 Å². The van der Waals surface area contributed by atoms with Crippen molar-refractivity contribution in [1.29, 1.82) is 5.26 Å². The molecule has 1 rings (SSSR count). The number of nitrogens with zero attached hydrogens (tertiary/aromatic N) is 3. The van der Waals surface area contributed by atoms with Gasteiger partial charge in [-0.05, 0) is 6.42 Å². The Morgan fingerprint density at radius 3 is 2.40 bits per heavy atom. The Hall–Kier alpha value is -1.08. The first kappa shape index (κ1) is 12.0. The third-order valence-electron chi connectivity index (χ3n) is 3.07. The zero-order chi connectivity index (χ0) is 11.3. The van der Waals surface area contributed by atoms with Gasteiger partial charge in [0.05, 0.1) is 12.5 Å². The van der Waals surface area contributed by atoms with Crippen molar-refractivity contribution in [3.05, 3.63) is 0 Å². The van der Waals surface area contributed by atoms with Crippen LogP contribution in [-0.4, -0.2) is 47.9 Å². The minimum atomic E-state index is 0.156. The number of piperazine rings is 1. The van der Waals surface area contributed by atoms with Crippen molar-refractivity contribution >= 4 is 5.91 Å². The highest BCUT2D eigenvalue weighted by molar-refractivity contribution is 5.73. The van der Waals surface area contributed by atoms with Crippen LogP contribution < -0.4 is 0 Å². The van der Waals surface area contributed by atoms with Gasteiger partial charge in [-0.15, -0.1) is 0 Å². The van der Waals surface area contributed by atoms with E-state index in [1.165, 1.54) is 0 Å². The van der Waals surface area contributed by atoms with Gasteiger partial charge in [-0.25, -0.2) is 0 Å². The largest absolute Gasteiger partial charge is 0.340 e. The van der Waals surface area contributed by atoms with Gasteiger partial charge in [0, 0.05) is 39.1 Å². The molecule has 1 aliphatic rings. The lowest BCUT2D eigenvalue weighted by molar-refractivity contribution is -0.130. The molecule has 1 fully saturated rings. The van der Waals surface area contributed by atoms with Gasteiger partial charge in [-0.2, -0.15) is 5.26 Å². The molecule has 4 nitrogen and oxygen atoms in total. The maximum absolute atomic E-state index is 11.1. The molecular formula is C11H19N3O. The van der Waals surface area contributed by atoms with E-state index in [2.05, 4.69) is 17.9 Å². The van der Waals surface area contributed by atoms with Gasteiger partial charge < -0.3 is 4.90 Å². The highest BCUT2D eigenvalue weighted by Gasteiger charge is 2.23. The molecular weight excluding hydrogens is 190 g/mol. The molecule has 1 heterocycles. The highest BCUT2D eigenvalue weighted by atomic mass is 16.2. The average Bonchev–Trinajstić information content (AvgIpc) is 2.26. The van der Waals surface area contributed by atoms with Crippen LogP contribution in [0.15, 0.2) is 0 Å². The van der Waals surface area contributed by atoms with Gasteiger partial charge in [-0.1, -0.05) is 6.92 Å². The first-order valence-electron chi connectivity index (χ1n) is 5.55. The summed E-state index contributed by atoms with van der Waals surface area (Å²) in [6.07, 6.45) is 1.60. The number of hydrogen-bond donors (Lipinski definition) is 0. The Labute approximate surface area is 91.5 Å². The van der Waals surface area contributed by atoms with Crippen LogP contribution in [-0.2, 0) is 4.79 Å². The zero-order valence-electron chi connectivity index (χ0n) is 9.57. The van der Waals surface area contributed by atoms with Crippen molar-refractivity contribution in [2.45, 2.75) is 32.7 Å². The van der Waals surface area contributed by atoms with Crippen LogP contribution in [0, 0.1) is 11.3 Å². The van der Waals surface area contributed by atoms with Gasteiger partial charge in [-0.3, -0.25) is 9.69 Å². The zero-order valence-corrected chi connectivity index (χ0v) is 9.57. The molecule has 1 aliphatic heterocycles. The van der Waals surface area contributed by atoms with Crippen molar-refractivity contribution in [2.24, 2.45) is 0 Å². The summed E-state index contributed by atoms with van der Waals surface area (Å²) in [6, 6.07) is 2.59. The third-order valence-corrected chi connectivity index (χ3v) is 3.07. The SMILES string of the molecule is CCC(CC#N)N1CCN(C(C)=O)CC1. The number of amides is 1. The topological polar surface area (TPSA) is 47.3 Å². The third kappa shape index (κ3) is 3.21. The summed E-state index contributed by atoms with van der Waals surface area (Å²) in [4.78, 5) is 15.3. The highest BCUT2D eigenvalue weighted by Crippen LogP contribution is 2.11. The lowest BCUT2D eigenvalue weighted by Crippen LogP contribution is -2.51. The summed E-state index contributed by atoms with van der Waals surface area (Å²) in [5.41, 5.74) is 0. The fourth-order valence-electron chi connectivity index (χ4n) is 2.04. The van der Waals surface area contributed by atoms with Crippen molar-refractivity contribution in [2.75, 3.05) is 26.2 Å². The van der Waals surface area contributed by atoms with Crippen LogP contribution in [0.25, 0.3) is 0 Å². The first-order valence-corrected chi connectivity index (χ1v) is 5.55. The Morgan fingerprint density at radius 1 is 1.40 bits per heavy atom. The molecule has 84 valence electrons. The second kappa shape index (κ2) is 5.72. The summed E-state index contributed by atoms with van der Waals surface area (Å²) < 4.78 is 0. The van der Waals surface area contributed by atoms with Gasteiger partial charge in [0.25, 0.3) is 0 Å².